The van der Waals surface area contributed by atoms with Gasteiger partial charge in [0.15, 0.2) is 0 Å². The molecule has 0 aliphatic carbocycles. The lowest BCUT2D eigenvalue weighted by molar-refractivity contribution is 0.0905. The second-order valence-electron chi connectivity index (χ2n) is 4.23. The molecule has 0 saturated heterocycles. The first-order valence-corrected chi connectivity index (χ1v) is 8.59. The number of nitrogens with one attached hydrogen (secondary N) is 1. The maximum Gasteiger partial charge on any atom is 0.0931 e. The van der Waals surface area contributed by atoms with E-state index < -0.39 is 0 Å². The third kappa shape index (κ3) is 4.84. The van der Waals surface area contributed by atoms with Crippen molar-refractivity contribution < 1.29 is 9.84 Å². The van der Waals surface area contributed by atoms with Crippen LogP contribution in [0.5, 0.6) is 0 Å². The summed E-state index contributed by atoms with van der Waals surface area (Å²) in [5, 5.41) is 14.3. The Morgan fingerprint density at radius 3 is 2.80 bits per heavy atom. The lowest BCUT2D eigenvalue weighted by Gasteiger charge is -2.16. The van der Waals surface area contributed by atoms with Crippen LogP contribution < -0.4 is 5.32 Å². The van der Waals surface area contributed by atoms with E-state index in [-0.39, 0.29) is 12.6 Å². The average Bonchev–Trinajstić information content (AvgIpc) is 3.10. The minimum Gasteiger partial charge on any atom is -0.394 e. The van der Waals surface area contributed by atoms with Crippen molar-refractivity contribution in [3.05, 3.63) is 43.7 Å². The van der Waals surface area contributed by atoms with Crippen LogP contribution in [0.15, 0.2) is 29.6 Å². The van der Waals surface area contributed by atoms with Crippen LogP contribution in [0, 0.1) is 0 Å². The van der Waals surface area contributed by atoms with Crippen LogP contribution >= 0.6 is 34.3 Å². The van der Waals surface area contributed by atoms with E-state index in [4.69, 9.17) is 21.4 Å². The normalized spacial score (nSPS) is 12.7. The molecule has 0 fully saturated rings. The molecular formula is C14H18ClNO2S2. The smallest absolute Gasteiger partial charge is 0.0931 e. The second kappa shape index (κ2) is 8.77. The molecule has 1 unspecified atom stereocenters. The van der Waals surface area contributed by atoms with Crippen LogP contribution in [-0.4, -0.2) is 31.5 Å². The van der Waals surface area contributed by atoms with Crippen LogP contribution in [0.4, 0.5) is 0 Å². The predicted molar refractivity (Wildman–Crippen MR) is 86.0 cm³/mol. The van der Waals surface area contributed by atoms with Crippen molar-refractivity contribution in [1.82, 2.24) is 5.32 Å². The maximum absolute atomic E-state index is 8.64. The van der Waals surface area contributed by atoms with Gasteiger partial charge in [-0.25, -0.2) is 0 Å². The van der Waals surface area contributed by atoms with Gasteiger partial charge in [0, 0.05) is 16.4 Å². The van der Waals surface area contributed by atoms with E-state index in [1.54, 1.807) is 22.7 Å². The molecule has 0 radical (unpaired) electrons. The Morgan fingerprint density at radius 2 is 2.15 bits per heavy atom. The summed E-state index contributed by atoms with van der Waals surface area (Å²) in [6.45, 7) is 2.02. The molecule has 0 saturated carbocycles. The summed E-state index contributed by atoms with van der Waals surface area (Å²) < 4.78 is 6.07. The predicted octanol–water partition coefficient (Wildman–Crippen LogP) is 3.54. The molecule has 6 heteroatoms. The zero-order valence-corrected chi connectivity index (χ0v) is 13.4. The molecule has 2 rings (SSSR count). The largest absolute Gasteiger partial charge is 0.394 e. The third-order valence-corrected chi connectivity index (χ3v) is 4.99. The van der Waals surface area contributed by atoms with E-state index in [0.717, 1.165) is 17.3 Å². The first kappa shape index (κ1) is 15.9. The summed E-state index contributed by atoms with van der Waals surface area (Å²) in [6, 6.07) is 8.41. The fraction of sp³-hybridized carbons (Fsp3) is 0.429. The lowest BCUT2D eigenvalue weighted by Crippen LogP contribution is -2.23. The van der Waals surface area contributed by atoms with Crippen molar-refractivity contribution in [3.63, 3.8) is 0 Å². The molecule has 2 aromatic heterocycles. The van der Waals surface area contributed by atoms with Gasteiger partial charge in [-0.1, -0.05) is 17.7 Å². The number of hydrogen-bond acceptors (Lipinski definition) is 5. The van der Waals surface area contributed by atoms with Crippen molar-refractivity contribution in [3.8, 4) is 0 Å². The minimum absolute atomic E-state index is 0.0823. The van der Waals surface area contributed by atoms with E-state index in [2.05, 4.69) is 28.9 Å². The molecule has 0 aromatic carbocycles. The number of ether oxygens (including phenoxy) is 1. The van der Waals surface area contributed by atoms with Crippen molar-refractivity contribution >= 4 is 34.3 Å². The van der Waals surface area contributed by atoms with Crippen LogP contribution in [0.1, 0.15) is 22.2 Å². The number of thiophene rings is 2. The molecule has 110 valence electrons. The molecule has 20 heavy (non-hydrogen) atoms. The molecular weight excluding hydrogens is 314 g/mol. The van der Waals surface area contributed by atoms with Gasteiger partial charge in [-0.05, 0) is 36.5 Å². The summed E-state index contributed by atoms with van der Waals surface area (Å²) in [6.07, 6.45) is 0.918. The van der Waals surface area contributed by atoms with Gasteiger partial charge in [0.2, 0.25) is 0 Å². The quantitative estimate of drug-likeness (QED) is 0.691. The van der Waals surface area contributed by atoms with E-state index in [9.17, 15) is 0 Å². The van der Waals surface area contributed by atoms with Crippen molar-refractivity contribution in [1.29, 1.82) is 0 Å². The van der Waals surface area contributed by atoms with Crippen molar-refractivity contribution in [2.45, 2.75) is 12.5 Å². The molecule has 0 aliphatic rings. The van der Waals surface area contributed by atoms with E-state index in [0.29, 0.717) is 13.2 Å². The Kier molecular flexibility index (Phi) is 6.99. The van der Waals surface area contributed by atoms with Crippen LogP contribution in [0.2, 0.25) is 4.34 Å². The first-order valence-electron chi connectivity index (χ1n) is 6.52. The average molecular weight is 332 g/mol. The van der Waals surface area contributed by atoms with Gasteiger partial charge in [-0.2, -0.15) is 0 Å². The van der Waals surface area contributed by atoms with Crippen LogP contribution in [0.25, 0.3) is 0 Å². The third-order valence-electron chi connectivity index (χ3n) is 2.76. The Balaban J connectivity index is 1.88. The number of rotatable bonds is 9. The fourth-order valence-corrected chi connectivity index (χ4v) is 3.92. The molecule has 0 aliphatic heterocycles. The number of halogens is 1. The first-order chi connectivity index (χ1) is 9.81. The molecule has 2 N–H and O–H groups in total. The van der Waals surface area contributed by atoms with Gasteiger partial charge in [-0.15, -0.1) is 22.7 Å². The summed E-state index contributed by atoms with van der Waals surface area (Å²) in [7, 11) is 0. The molecule has 1 atom stereocenters. The number of aliphatic hydroxyl groups is 1. The SMILES string of the molecule is OCCOCCCNC(c1cccs1)c1ccc(Cl)s1. The van der Waals surface area contributed by atoms with Crippen molar-refractivity contribution in [2.75, 3.05) is 26.4 Å². The Morgan fingerprint density at radius 1 is 1.25 bits per heavy atom. The van der Waals surface area contributed by atoms with E-state index >= 15 is 0 Å². The molecule has 0 amide bonds. The highest BCUT2D eigenvalue weighted by atomic mass is 35.5. The molecule has 2 heterocycles. The number of hydrogen-bond donors (Lipinski definition) is 2. The summed E-state index contributed by atoms with van der Waals surface area (Å²) >= 11 is 9.39. The highest BCUT2D eigenvalue weighted by Gasteiger charge is 2.16. The van der Waals surface area contributed by atoms with Gasteiger partial charge in [0.1, 0.15) is 0 Å². The van der Waals surface area contributed by atoms with Gasteiger partial charge in [0.25, 0.3) is 0 Å². The number of aliphatic hydroxyl groups excluding tert-OH is 1. The molecule has 0 spiro atoms. The molecule has 2 aromatic rings. The van der Waals surface area contributed by atoms with Crippen LogP contribution in [0.3, 0.4) is 0 Å². The summed E-state index contributed by atoms with van der Waals surface area (Å²) in [5.74, 6) is 0. The minimum atomic E-state index is 0.0823. The highest BCUT2D eigenvalue weighted by molar-refractivity contribution is 7.16. The summed E-state index contributed by atoms with van der Waals surface area (Å²) in [5.41, 5.74) is 0. The lowest BCUT2D eigenvalue weighted by atomic mass is 10.2. The standard InChI is InChI=1S/C14H18ClNO2S2/c15-13-5-4-12(20-13)14(11-3-1-10-19-11)16-6-2-8-18-9-7-17/h1,3-5,10,14,16-17H,2,6-9H2. The Bertz CT molecular complexity index is 487. The monoisotopic (exact) mass is 331 g/mol. The van der Waals surface area contributed by atoms with Gasteiger partial charge < -0.3 is 15.2 Å². The van der Waals surface area contributed by atoms with Crippen molar-refractivity contribution in [2.24, 2.45) is 0 Å². The highest BCUT2D eigenvalue weighted by Crippen LogP contribution is 2.32. The van der Waals surface area contributed by atoms with Gasteiger partial charge in [0.05, 0.1) is 23.6 Å². The summed E-state index contributed by atoms with van der Waals surface area (Å²) in [4.78, 5) is 2.52. The van der Waals surface area contributed by atoms with E-state index in [1.807, 2.05) is 6.07 Å². The van der Waals surface area contributed by atoms with Gasteiger partial charge >= 0.3 is 0 Å². The van der Waals surface area contributed by atoms with Gasteiger partial charge in [-0.3, -0.25) is 0 Å². The van der Waals surface area contributed by atoms with Crippen LogP contribution in [-0.2, 0) is 4.74 Å². The topological polar surface area (TPSA) is 41.5 Å². The maximum atomic E-state index is 8.64. The zero-order valence-electron chi connectivity index (χ0n) is 11.0. The molecule has 3 nitrogen and oxygen atoms in total. The van der Waals surface area contributed by atoms with E-state index in [1.165, 1.54) is 9.75 Å². The second-order valence-corrected chi connectivity index (χ2v) is 6.96. The Labute approximate surface area is 132 Å². The zero-order chi connectivity index (χ0) is 14.2. The fourth-order valence-electron chi connectivity index (χ4n) is 1.87. The molecule has 0 bridgehead atoms. The Hall–Kier alpha value is -0.430.